The summed E-state index contributed by atoms with van der Waals surface area (Å²) in [5, 5.41) is 0. The number of benzene rings is 2. The summed E-state index contributed by atoms with van der Waals surface area (Å²) in [7, 11) is 0. The number of carbonyl (C=O) groups is 1. The molecule has 2 heteroatoms. The van der Waals surface area contributed by atoms with Gasteiger partial charge in [-0.05, 0) is 30.7 Å². The van der Waals surface area contributed by atoms with Crippen LogP contribution in [0.4, 0.5) is 0 Å². The molecular weight excluding hydrogens is 252 g/mol. The fourth-order valence-electron chi connectivity index (χ4n) is 1.90. The van der Waals surface area contributed by atoms with Gasteiger partial charge in [0, 0.05) is 16.9 Å². The van der Waals surface area contributed by atoms with E-state index in [1.807, 2.05) is 42.1 Å². The van der Waals surface area contributed by atoms with E-state index in [2.05, 4.69) is 31.2 Å². The molecular formula is C17H18OS. The molecule has 0 spiro atoms. The predicted molar refractivity (Wildman–Crippen MR) is 81.9 cm³/mol. The zero-order valence-corrected chi connectivity index (χ0v) is 12.0. The minimum absolute atomic E-state index is 0.242. The summed E-state index contributed by atoms with van der Waals surface area (Å²) >= 11 is 1.83. The van der Waals surface area contributed by atoms with E-state index in [9.17, 15) is 4.79 Å². The summed E-state index contributed by atoms with van der Waals surface area (Å²) in [6, 6.07) is 17.9. The van der Waals surface area contributed by atoms with E-state index < -0.39 is 0 Å². The van der Waals surface area contributed by atoms with Gasteiger partial charge in [-0.2, -0.15) is 0 Å². The molecule has 0 unspecified atom stereocenters. The number of hydrogen-bond acceptors (Lipinski definition) is 2. The second kappa shape index (κ2) is 7.15. The minimum Gasteiger partial charge on any atom is -0.294 e. The Bertz CT molecular complexity index is 534. The Hall–Kier alpha value is -1.54. The maximum absolute atomic E-state index is 11.9. The first-order valence-corrected chi connectivity index (χ1v) is 7.52. The monoisotopic (exact) mass is 270 g/mol. The van der Waals surface area contributed by atoms with E-state index >= 15 is 0 Å². The summed E-state index contributed by atoms with van der Waals surface area (Å²) < 4.78 is 0. The van der Waals surface area contributed by atoms with Crippen LogP contribution < -0.4 is 0 Å². The molecule has 0 fully saturated rings. The second-order valence-corrected chi connectivity index (χ2v) is 5.64. The van der Waals surface area contributed by atoms with E-state index in [0.29, 0.717) is 6.42 Å². The summed E-state index contributed by atoms with van der Waals surface area (Å²) in [4.78, 5) is 13.2. The van der Waals surface area contributed by atoms with Crippen molar-refractivity contribution < 1.29 is 4.79 Å². The van der Waals surface area contributed by atoms with Gasteiger partial charge in [0.15, 0.2) is 5.78 Å². The maximum Gasteiger partial charge on any atom is 0.162 e. The van der Waals surface area contributed by atoms with Crippen molar-refractivity contribution in [1.82, 2.24) is 0 Å². The summed E-state index contributed by atoms with van der Waals surface area (Å²) in [6.45, 7) is 2.12. The van der Waals surface area contributed by atoms with Crippen molar-refractivity contribution in [1.29, 1.82) is 0 Å². The lowest BCUT2D eigenvalue weighted by molar-refractivity contribution is 0.0982. The topological polar surface area (TPSA) is 17.1 Å². The molecule has 2 aromatic rings. The number of thioether (sulfide) groups is 1. The van der Waals surface area contributed by atoms with Crippen molar-refractivity contribution in [3.63, 3.8) is 0 Å². The molecule has 0 saturated carbocycles. The Morgan fingerprint density at radius 1 is 1.00 bits per heavy atom. The molecule has 0 atom stereocenters. The lowest BCUT2D eigenvalue weighted by Gasteiger charge is -2.05. The number of carbonyl (C=O) groups excluding carboxylic acids is 1. The Balaban J connectivity index is 1.76. The summed E-state index contributed by atoms with van der Waals surface area (Å²) in [5.41, 5.74) is 2.13. The molecule has 0 aromatic heterocycles. The van der Waals surface area contributed by atoms with Crippen molar-refractivity contribution >= 4 is 17.5 Å². The van der Waals surface area contributed by atoms with Crippen LogP contribution in [0.3, 0.4) is 0 Å². The van der Waals surface area contributed by atoms with Gasteiger partial charge >= 0.3 is 0 Å². The van der Waals surface area contributed by atoms with E-state index in [-0.39, 0.29) is 5.78 Å². The zero-order valence-electron chi connectivity index (χ0n) is 11.1. The molecule has 0 saturated heterocycles. The van der Waals surface area contributed by atoms with Crippen LogP contribution >= 0.6 is 11.8 Å². The average Bonchev–Trinajstić information content (AvgIpc) is 2.46. The SMILES string of the molecule is Cc1ccccc1SCCCC(=O)c1ccccc1. The Morgan fingerprint density at radius 3 is 2.42 bits per heavy atom. The van der Waals surface area contributed by atoms with Crippen LogP contribution in [-0.2, 0) is 0 Å². The lowest BCUT2D eigenvalue weighted by Crippen LogP contribution is -1.99. The first kappa shape index (κ1) is 13.9. The highest BCUT2D eigenvalue weighted by Gasteiger charge is 2.05. The molecule has 19 heavy (non-hydrogen) atoms. The standard InChI is InChI=1S/C17H18OS/c1-14-8-5-6-12-17(14)19-13-7-11-16(18)15-9-3-2-4-10-15/h2-6,8-10,12H,7,11,13H2,1H3. The molecule has 98 valence electrons. The van der Waals surface area contributed by atoms with Crippen LogP contribution in [-0.4, -0.2) is 11.5 Å². The largest absolute Gasteiger partial charge is 0.294 e. The van der Waals surface area contributed by atoms with Gasteiger partial charge in [0.05, 0.1) is 0 Å². The van der Waals surface area contributed by atoms with Crippen LogP contribution in [0.15, 0.2) is 59.5 Å². The Labute approximate surface area is 119 Å². The van der Waals surface area contributed by atoms with E-state index in [1.165, 1.54) is 10.5 Å². The van der Waals surface area contributed by atoms with Crippen molar-refractivity contribution in [2.75, 3.05) is 5.75 Å². The van der Waals surface area contributed by atoms with Gasteiger partial charge in [-0.1, -0.05) is 48.5 Å². The molecule has 0 radical (unpaired) electrons. The van der Waals surface area contributed by atoms with Gasteiger partial charge in [-0.15, -0.1) is 11.8 Å². The quantitative estimate of drug-likeness (QED) is 0.428. The molecule has 0 heterocycles. The first-order valence-electron chi connectivity index (χ1n) is 6.54. The van der Waals surface area contributed by atoms with Crippen LogP contribution in [0.5, 0.6) is 0 Å². The smallest absolute Gasteiger partial charge is 0.162 e. The van der Waals surface area contributed by atoms with Crippen molar-refractivity contribution in [2.24, 2.45) is 0 Å². The van der Waals surface area contributed by atoms with Crippen LogP contribution in [0.25, 0.3) is 0 Å². The summed E-state index contributed by atoms with van der Waals surface area (Å²) in [5.74, 6) is 1.23. The van der Waals surface area contributed by atoms with Crippen molar-refractivity contribution in [3.05, 3.63) is 65.7 Å². The number of Topliss-reactive ketones (excluding diaryl/α,β-unsaturated/α-hetero) is 1. The van der Waals surface area contributed by atoms with E-state index in [4.69, 9.17) is 0 Å². The number of aryl methyl sites for hydroxylation is 1. The van der Waals surface area contributed by atoms with Crippen LogP contribution in [0, 0.1) is 6.92 Å². The van der Waals surface area contributed by atoms with Crippen molar-refractivity contribution in [2.45, 2.75) is 24.7 Å². The number of hydrogen-bond donors (Lipinski definition) is 0. The minimum atomic E-state index is 0.242. The fraction of sp³-hybridized carbons (Fsp3) is 0.235. The second-order valence-electron chi connectivity index (χ2n) is 4.51. The number of rotatable bonds is 6. The summed E-state index contributed by atoms with van der Waals surface area (Å²) in [6.07, 6.45) is 1.55. The van der Waals surface area contributed by atoms with Gasteiger partial charge < -0.3 is 0 Å². The normalized spacial score (nSPS) is 10.4. The van der Waals surface area contributed by atoms with E-state index in [0.717, 1.165) is 17.7 Å². The fourth-order valence-corrected chi connectivity index (χ4v) is 2.88. The Morgan fingerprint density at radius 2 is 1.68 bits per heavy atom. The van der Waals surface area contributed by atoms with Crippen LogP contribution in [0.1, 0.15) is 28.8 Å². The van der Waals surface area contributed by atoms with Gasteiger partial charge in [0.1, 0.15) is 0 Å². The molecule has 0 N–H and O–H groups in total. The highest BCUT2D eigenvalue weighted by atomic mass is 32.2. The molecule has 0 aliphatic rings. The Kier molecular flexibility index (Phi) is 5.22. The van der Waals surface area contributed by atoms with Gasteiger partial charge in [0.25, 0.3) is 0 Å². The maximum atomic E-state index is 11.9. The highest BCUT2D eigenvalue weighted by molar-refractivity contribution is 7.99. The van der Waals surface area contributed by atoms with Crippen molar-refractivity contribution in [3.8, 4) is 0 Å². The predicted octanol–water partition coefficient (Wildman–Crippen LogP) is 4.75. The molecule has 1 nitrogen and oxygen atoms in total. The molecule has 0 aliphatic carbocycles. The highest BCUT2D eigenvalue weighted by Crippen LogP contribution is 2.23. The first-order chi connectivity index (χ1) is 9.27. The average molecular weight is 270 g/mol. The van der Waals surface area contributed by atoms with Gasteiger partial charge in [-0.3, -0.25) is 4.79 Å². The lowest BCUT2D eigenvalue weighted by atomic mass is 10.1. The molecule has 0 aliphatic heterocycles. The van der Waals surface area contributed by atoms with Crippen LogP contribution in [0.2, 0.25) is 0 Å². The van der Waals surface area contributed by atoms with E-state index in [1.54, 1.807) is 0 Å². The molecule has 0 amide bonds. The number of ketones is 1. The zero-order chi connectivity index (χ0) is 13.5. The van der Waals surface area contributed by atoms with Gasteiger partial charge in [-0.25, -0.2) is 0 Å². The molecule has 2 rings (SSSR count). The molecule has 2 aromatic carbocycles. The third-order valence-corrected chi connectivity index (χ3v) is 4.26. The third kappa shape index (κ3) is 4.25. The third-order valence-electron chi connectivity index (χ3n) is 3.00. The van der Waals surface area contributed by atoms with Gasteiger partial charge in [0.2, 0.25) is 0 Å². The molecule has 0 bridgehead atoms.